The first kappa shape index (κ1) is 15.6. The van der Waals surface area contributed by atoms with Crippen LogP contribution in [0.3, 0.4) is 0 Å². The van der Waals surface area contributed by atoms with Crippen LogP contribution in [0.2, 0.25) is 0 Å². The maximum absolute atomic E-state index is 4.71. The fraction of sp³-hybridized carbons (Fsp3) is 0.625. The van der Waals surface area contributed by atoms with Crippen LogP contribution in [0.5, 0.6) is 0 Å². The summed E-state index contributed by atoms with van der Waals surface area (Å²) in [6, 6.07) is 0. The molecule has 0 radical (unpaired) electrons. The Balaban J connectivity index is 1.78. The zero-order valence-corrected chi connectivity index (χ0v) is 14.6. The predicted octanol–water partition coefficient (Wildman–Crippen LogP) is 4.91. The van der Waals surface area contributed by atoms with Gasteiger partial charge in [-0.3, -0.25) is 0 Å². The average Bonchev–Trinajstić information content (AvgIpc) is 2.97. The molecule has 0 fully saturated rings. The molecule has 2 aromatic heterocycles. The molecule has 0 unspecified atom stereocenters. The third-order valence-electron chi connectivity index (χ3n) is 3.57. The molecule has 110 valence electrons. The monoisotopic (exact) mass is 308 g/mol. The summed E-state index contributed by atoms with van der Waals surface area (Å²) in [6.45, 7) is 8.74. The molecular weight excluding hydrogens is 284 g/mol. The lowest BCUT2D eigenvalue weighted by Crippen LogP contribution is -1.90. The van der Waals surface area contributed by atoms with Gasteiger partial charge in [0, 0.05) is 9.75 Å². The van der Waals surface area contributed by atoms with E-state index in [2.05, 4.69) is 27.7 Å². The van der Waals surface area contributed by atoms with Gasteiger partial charge in [0.25, 0.3) is 0 Å². The molecular formula is C16H24N2S2. The van der Waals surface area contributed by atoms with E-state index in [1.54, 1.807) is 0 Å². The van der Waals surface area contributed by atoms with E-state index in [9.17, 15) is 0 Å². The summed E-state index contributed by atoms with van der Waals surface area (Å²) in [7, 11) is 0. The van der Waals surface area contributed by atoms with Crippen LogP contribution in [-0.4, -0.2) is 9.97 Å². The second kappa shape index (κ2) is 7.32. The SMILES string of the molecule is CCc1nc(CCCCc2nc(CC)c(C)s2)sc1C. The van der Waals surface area contributed by atoms with E-state index in [4.69, 9.17) is 9.97 Å². The average molecular weight is 309 g/mol. The van der Waals surface area contributed by atoms with Gasteiger partial charge in [0.15, 0.2) is 0 Å². The zero-order valence-electron chi connectivity index (χ0n) is 13.0. The molecule has 2 rings (SSSR count). The Morgan fingerprint density at radius 2 is 1.15 bits per heavy atom. The van der Waals surface area contributed by atoms with Gasteiger partial charge in [-0.05, 0) is 52.4 Å². The van der Waals surface area contributed by atoms with E-state index in [1.165, 1.54) is 44.0 Å². The Morgan fingerprint density at radius 1 is 0.750 bits per heavy atom. The number of unbranched alkanes of at least 4 members (excludes halogenated alkanes) is 1. The summed E-state index contributed by atoms with van der Waals surface area (Å²) < 4.78 is 0. The maximum Gasteiger partial charge on any atom is 0.0931 e. The van der Waals surface area contributed by atoms with Crippen LogP contribution >= 0.6 is 22.7 Å². The van der Waals surface area contributed by atoms with Crippen LogP contribution in [0.4, 0.5) is 0 Å². The lowest BCUT2D eigenvalue weighted by Gasteiger charge is -1.96. The Labute approximate surface area is 130 Å². The van der Waals surface area contributed by atoms with Crippen LogP contribution in [-0.2, 0) is 25.7 Å². The van der Waals surface area contributed by atoms with Gasteiger partial charge in [-0.2, -0.15) is 0 Å². The first-order chi connectivity index (χ1) is 9.63. The van der Waals surface area contributed by atoms with Gasteiger partial charge in [-0.1, -0.05) is 13.8 Å². The molecule has 0 saturated carbocycles. The van der Waals surface area contributed by atoms with Crippen molar-refractivity contribution in [1.82, 2.24) is 9.97 Å². The molecule has 0 aliphatic rings. The molecule has 2 aromatic rings. The van der Waals surface area contributed by atoms with Crippen molar-refractivity contribution in [3.63, 3.8) is 0 Å². The minimum Gasteiger partial charge on any atom is -0.246 e. The first-order valence-corrected chi connectivity index (χ1v) is 9.17. The van der Waals surface area contributed by atoms with Gasteiger partial charge >= 0.3 is 0 Å². The molecule has 20 heavy (non-hydrogen) atoms. The second-order valence-corrected chi connectivity index (χ2v) is 7.71. The lowest BCUT2D eigenvalue weighted by atomic mass is 10.2. The summed E-state index contributed by atoms with van der Waals surface area (Å²) in [5.74, 6) is 0. The number of hydrogen-bond acceptors (Lipinski definition) is 4. The number of nitrogens with zero attached hydrogens (tertiary/aromatic N) is 2. The highest BCUT2D eigenvalue weighted by Gasteiger charge is 2.07. The second-order valence-electron chi connectivity index (χ2n) is 5.14. The van der Waals surface area contributed by atoms with Crippen LogP contribution in [0.15, 0.2) is 0 Å². The third kappa shape index (κ3) is 3.89. The highest BCUT2D eigenvalue weighted by molar-refractivity contribution is 7.12. The molecule has 0 amide bonds. The standard InChI is InChI=1S/C16H24N2S2/c1-5-13-11(3)19-15(17-13)9-7-8-10-16-18-14(6-2)12(4)20-16/h5-10H2,1-4H3. The number of thiazole rings is 2. The molecule has 4 heteroatoms. The molecule has 2 nitrogen and oxygen atoms in total. The van der Waals surface area contributed by atoms with E-state index in [0.29, 0.717) is 0 Å². The molecule has 0 atom stereocenters. The Bertz CT molecular complexity index is 505. The van der Waals surface area contributed by atoms with Gasteiger partial charge in [0.2, 0.25) is 0 Å². The smallest absolute Gasteiger partial charge is 0.0931 e. The van der Waals surface area contributed by atoms with Crippen molar-refractivity contribution in [3.05, 3.63) is 31.2 Å². The molecule has 0 saturated heterocycles. The third-order valence-corrected chi connectivity index (χ3v) is 5.72. The maximum atomic E-state index is 4.71. The van der Waals surface area contributed by atoms with Crippen LogP contribution in [0, 0.1) is 13.8 Å². The van der Waals surface area contributed by atoms with Crippen LogP contribution < -0.4 is 0 Å². The van der Waals surface area contributed by atoms with Crippen LogP contribution in [0.25, 0.3) is 0 Å². The molecule has 0 aromatic carbocycles. The molecule has 0 N–H and O–H groups in total. The van der Waals surface area contributed by atoms with E-state index in [-0.39, 0.29) is 0 Å². The fourth-order valence-corrected chi connectivity index (χ4v) is 4.52. The Hall–Kier alpha value is -0.740. The summed E-state index contributed by atoms with van der Waals surface area (Å²) in [4.78, 5) is 12.2. The normalized spacial score (nSPS) is 11.2. The lowest BCUT2D eigenvalue weighted by molar-refractivity contribution is 0.724. The molecule has 2 heterocycles. The summed E-state index contributed by atoms with van der Waals surface area (Å²) in [5, 5.41) is 2.62. The van der Waals surface area contributed by atoms with Gasteiger partial charge in [0.1, 0.15) is 0 Å². The molecule has 0 spiro atoms. The number of aryl methyl sites for hydroxylation is 6. The largest absolute Gasteiger partial charge is 0.246 e. The fourth-order valence-electron chi connectivity index (χ4n) is 2.40. The Kier molecular flexibility index (Phi) is 5.73. The number of rotatable bonds is 7. The minimum absolute atomic E-state index is 1.06. The summed E-state index contributed by atoms with van der Waals surface area (Å²) >= 11 is 3.74. The van der Waals surface area contributed by atoms with Crippen LogP contribution in [0.1, 0.15) is 57.8 Å². The van der Waals surface area contributed by atoms with Gasteiger partial charge in [-0.15, -0.1) is 22.7 Å². The van der Waals surface area contributed by atoms with Gasteiger partial charge < -0.3 is 0 Å². The van der Waals surface area contributed by atoms with Crippen molar-refractivity contribution in [2.24, 2.45) is 0 Å². The number of hydrogen-bond donors (Lipinski definition) is 0. The van der Waals surface area contributed by atoms with E-state index in [1.807, 2.05) is 22.7 Å². The Morgan fingerprint density at radius 3 is 1.45 bits per heavy atom. The van der Waals surface area contributed by atoms with Crippen molar-refractivity contribution in [1.29, 1.82) is 0 Å². The van der Waals surface area contributed by atoms with Crippen molar-refractivity contribution in [2.45, 2.75) is 66.2 Å². The predicted molar refractivity (Wildman–Crippen MR) is 89.1 cm³/mol. The zero-order chi connectivity index (χ0) is 14.5. The molecule has 0 aliphatic heterocycles. The topological polar surface area (TPSA) is 25.8 Å². The van der Waals surface area contributed by atoms with Crippen molar-refractivity contribution < 1.29 is 0 Å². The van der Waals surface area contributed by atoms with Gasteiger partial charge in [0.05, 0.1) is 21.4 Å². The highest BCUT2D eigenvalue weighted by atomic mass is 32.1. The first-order valence-electron chi connectivity index (χ1n) is 7.54. The molecule has 0 bridgehead atoms. The van der Waals surface area contributed by atoms with E-state index >= 15 is 0 Å². The minimum atomic E-state index is 1.06. The van der Waals surface area contributed by atoms with Crippen molar-refractivity contribution >= 4 is 22.7 Å². The summed E-state index contributed by atoms with van der Waals surface area (Å²) in [6.07, 6.45) is 6.79. The van der Waals surface area contributed by atoms with E-state index in [0.717, 1.165) is 25.7 Å². The highest BCUT2D eigenvalue weighted by Crippen LogP contribution is 2.22. The number of aromatic nitrogens is 2. The van der Waals surface area contributed by atoms with Crippen molar-refractivity contribution in [3.8, 4) is 0 Å². The summed E-state index contributed by atoms with van der Waals surface area (Å²) in [5.41, 5.74) is 2.57. The van der Waals surface area contributed by atoms with Crippen molar-refractivity contribution in [2.75, 3.05) is 0 Å². The molecule has 0 aliphatic carbocycles. The quantitative estimate of drug-likeness (QED) is 0.679. The van der Waals surface area contributed by atoms with E-state index < -0.39 is 0 Å². The van der Waals surface area contributed by atoms with Gasteiger partial charge in [-0.25, -0.2) is 9.97 Å².